The molecule has 0 saturated heterocycles. The summed E-state index contributed by atoms with van der Waals surface area (Å²) in [5.74, 6) is 2.41. The van der Waals surface area contributed by atoms with Gasteiger partial charge in [0.05, 0.1) is 21.3 Å². The Morgan fingerprint density at radius 3 is 2.13 bits per heavy atom. The largest absolute Gasteiger partial charge is 0.493 e. The van der Waals surface area contributed by atoms with Crippen molar-refractivity contribution in [3.05, 3.63) is 59.2 Å². The lowest BCUT2D eigenvalue weighted by atomic mass is 10.0. The fraction of sp³-hybridized carbons (Fsp3) is 0.240. The minimum absolute atomic E-state index is 0.557. The Balaban J connectivity index is 1.84. The molecule has 30 heavy (non-hydrogen) atoms. The summed E-state index contributed by atoms with van der Waals surface area (Å²) in [7, 11) is 4.82. The molecule has 0 spiro atoms. The second-order valence-electron chi connectivity index (χ2n) is 7.33. The quantitative estimate of drug-likeness (QED) is 0.402. The standard InChI is InChI=1S/C25H25NO4/c1-14-11-16(3)19(12-15(14)2)25-26-20-9-7-17(13-22(20)30-25)18-8-10-21(27-4)24(29-6)23(18)28-5/h7-13H,1-6H3. The first-order valence-corrected chi connectivity index (χ1v) is 9.75. The summed E-state index contributed by atoms with van der Waals surface area (Å²) in [6.45, 7) is 6.29. The molecule has 4 rings (SSSR count). The number of oxazole rings is 1. The van der Waals surface area contributed by atoms with E-state index in [4.69, 9.17) is 23.6 Å². The third-order valence-corrected chi connectivity index (χ3v) is 5.47. The Kier molecular flexibility index (Phi) is 5.12. The van der Waals surface area contributed by atoms with Crippen LogP contribution >= 0.6 is 0 Å². The van der Waals surface area contributed by atoms with Gasteiger partial charge < -0.3 is 18.6 Å². The zero-order valence-electron chi connectivity index (χ0n) is 18.1. The molecular formula is C25H25NO4. The van der Waals surface area contributed by atoms with Gasteiger partial charge in [-0.3, -0.25) is 0 Å². The lowest BCUT2D eigenvalue weighted by Crippen LogP contribution is -1.96. The lowest BCUT2D eigenvalue weighted by Gasteiger charge is -2.15. The summed E-state index contributed by atoms with van der Waals surface area (Å²) < 4.78 is 22.7. The number of benzene rings is 3. The van der Waals surface area contributed by atoms with E-state index in [-0.39, 0.29) is 0 Å². The number of aryl methyl sites for hydroxylation is 3. The van der Waals surface area contributed by atoms with Gasteiger partial charge in [-0.15, -0.1) is 0 Å². The highest BCUT2D eigenvalue weighted by Crippen LogP contribution is 2.44. The Morgan fingerprint density at radius 2 is 1.43 bits per heavy atom. The smallest absolute Gasteiger partial charge is 0.227 e. The number of nitrogens with zero attached hydrogens (tertiary/aromatic N) is 1. The predicted molar refractivity (Wildman–Crippen MR) is 119 cm³/mol. The summed E-state index contributed by atoms with van der Waals surface area (Å²) >= 11 is 0. The van der Waals surface area contributed by atoms with Crippen molar-refractivity contribution in [2.24, 2.45) is 0 Å². The van der Waals surface area contributed by atoms with Crippen molar-refractivity contribution in [2.75, 3.05) is 21.3 Å². The van der Waals surface area contributed by atoms with E-state index in [9.17, 15) is 0 Å². The van der Waals surface area contributed by atoms with Crippen LogP contribution in [0.5, 0.6) is 17.2 Å². The van der Waals surface area contributed by atoms with Crippen LogP contribution in [-0.4, -0.2) is 26.3 Å². The van der Waals surface area contributed by atoms with Crippen molar-refractivity contribution in [3.63, 3.8) is 0 Å². The van der Waals surface area contributed by atoms with Gasteiger partial charge in [0.15, 0.2) is 17.1 Å². The molecule has 0 radical (unpaired) electrons. The highest BCUT2D eigenvalue weighted by Gasteiger charge is 2.18. The van der Waals surface area contributed by atoms with Gasteiger partial charge in [0, 0.05) is 11.1 Å². The summed E-state index contributed by atoms with van der Waals surface area (Å²) in [6.07, 6.45) is 0. The van der Waals surface area contributed by atoms with Gasteiger partial charge in [0.2, 0.25) is 11.6 Å². The average Bonchev–Trinajstić information content (AvgIpc) is 3.17. The van der Waals surface area contributed by atoms with Gasteiger partial charge in [-0.05, 0) is 73.4 Å². The molecule has 5 nitrogen and oxygen atoms in total. The third-order valence-electron chi connectivity index (χ3n) is 5.47. The SMILES string of the molecule is COc1ccc(-c2ccc3nc(-c4cc(C)c(C)cc4C)oc3c2)c(OC)c1OC. The molecule has 1 aromatic heterocycles. The minimum Gasteiger partial charge on any atom is -0.493 e. The molecule has 0 saturated carbocycles. The summed E-state index contributed by atoms with van der Waals surface area (Å²) in [6, 6.07) is 14.1. The van der Waals surface area contributed by atoms with Crippen LogP contribution in [0.25, 0.3) is 33.7 Å². The monoisotopic (exact) mass is 403 g/mol. The molecule has 0 atom stereocenters. The van der Waals surface area contributed by atoms with E-state index < -0.39 is 0 Å². The molecule has 0 amide bonds. The Hall–Kier alpha value is -3.47. The van der Waals surface area contributed by atoms with E-state index in [1.54, 1.807) is 21.3 Å². The molecule has 5 heteroatoms. The fourth-order valence-corrected chi connectivity index (χ4v) is 3.73. The second kappa shape index (κ2) is 7.75. The van der Waals surface area contributed by atoms with Crippen molar-refractivity contribution < 1.29 is 18.6 Å². The highest BCUT2D eigenvalue weighted by molar-refractivity contribution is 5.85. The van der Waals surface area contributed by atoms with Crippen LogP contribution in [0.1, 0.15) is 16.7 Å². The fourth-order valence-electron chi connectivity index (χ4n) is 3.73. The van der Waals surface area contributed by atoms with Crippen LogP contribution in [0.15, 0.2) is 46.9 Å². The third kappa shape index (κ3) is 3.26. The first-order chi connectivity index (χ1) is 14.5. The maximum atomic E-state index is 6.16. The molecule has 0 aliphatic rings. The predicted octanol–water partition coefficient (Wildman–Crippen LogP) is 6.11. The normalized spacial score (nSPS) is 11.0. The van der Waals surface area contributed by atoms with E-state index in [2.05, 4.69) is 32.9 Å². The molecule has 0 bridgehead atoms. The zero-order valence-corrected chi connectivity index (χ0v) is 18.1. The van der Waals surface area contributed by atoms with Gasteiger partial charge in [0.25, 0.3) is 0 Å². The van der Waals surface area contributed by atoms with Crippen molar-refractivity contribution >= 4 is 11.1 Å². The average molecular weight is 403 g/mol. The number of aromatic nitrogens is 1. The number of fused-ring (bicyclic) bond motifs is 1. The molecule has 0 N–H and O–H groups in total. The van der Waals surface area contributed by atoms with E-state index in [0.717, 1.165) is 33.4 Å². The molecule has 1 heterocycles. The van der Waals surface area contributed by atoms with Crippen molar-refractivity contribution in [3.8, 4) is 39.8 Å². The maximum Gasteiger partial charge on any atom is 0.227 e. The summed E-state index contributed by atoms with van der Waals surface area (Å²) in [5, 5.41) is 0. The summed E-state index contributed by atoms with van der Waals surface area (Å²) in [4.78, 5) is 4.71. The highest BCUT2D eigenvalue weighted by atomic mass is 16.5. The minimum atomic E-state index is 0.557. The molecule has 0 aliphatic heterocycles. The van der Waals surface area contributed by atoms with Crippen LogP contribution in [0.3, 0.4) is 0 Å². The number of hydrogen-bond donors (Lipinski definition) is 0. The van der Waals surface area contributed by atoms with Gasteiger partial charge in [-0.2, -0.15) is 0 Å². The Labute approximate surface area is 176 Å². The Bertz CT molecular complexity index is 1240. The van der Waals surface area contributed by atoms with Crippen molar-refractivity contribution in [1.29, 1.82) is 0 Å². The van der Waals surface area contributed by atoms with Crippen LogP contribution in [-0.2, 0) is 0 Å². The van der Waals surface area contributed by atoms with Crippen molar-refractivity contribution in [2.45, 2.75) is 20.8 Å². The van der Waals surface area contributed by atoms with E-state index in [1.165, 1.54) is 11.1 Å². The van der Waals surface area contributed by atoms with Crippen molar-refractivity contribution in [1.82, 2.24) is 4.98 Å². The first-order valence-electron chi connectivity index (χ1n) is 9.75. The van der Waals surface area contributed by atoms with E-state index >= 15 is 0 Å². The Morgan fingerprint density at radius 1 is 0.700 bits per heavy atom. The lowest BCUT2D eigenvalue weighted by molar-refractivity contribution is 0.325. The molecule has 0 aliphatic carbocycles. The van der Waals surface area contributed by atoms with Gasteiger partial charge in [-0.25, -0.2) is 4.98 Å². The molecule has 154 valence electrons. The topological polar surface area (TPSA) is 53.7 Å². The molecular weight excluding hydrogens is 378 g/mol. The number of methoxy groups -OCH3 is 3. The summed E-state index contributed by atoms with van der Waals surface area (Å²) in [5.41, 5.74) is 8.00. The van der Waals surface area contributed by atoms with E-state index in [1.807, 2.05) is 30.3 Å². The number of rotatable bonds is 5. The van der Waals surface area contributed by atoms with Crippen LogP contribution in [0, 0.1) is 20.8 Å². The maximum absolute atomic E-state index is 6.16. The van der Waals surface area contributed by atoms with E-state index in [0.29, 0.717) is 23.1 Å². The van der Waals surface area contributed by atoms with Gasteiger partial charge >= 0.3 is 0 Å². The van der Waals surface area contributed by atoms with Gasteiger partial charge in [0.1, 0.15) is 5.52 Å². The van der Waals surface area contributed by atoms with Crippen LogP contribution < -0.4 is 14.2 Å². The van der Waals surface area contributed by atoms with Crippen LogP contribution in [0.4, 0.5) is 0 Å². The number of hydrogen-bond acceptors (Lipinski definition) is 5. The molecule has 0 unspecified atom stereocenters. The van der Waals surface area contributed by atoms with Gasteiger partial charge in [-0.1, -0.05) is 12.1 Å². The van der Waals surface area contributed by atoms with Crippen LogP contribution in [0.2, 0.25) is 0 Å². The molecule has 3 aromatic carbocycles. The molecule has 0 fully saturated rings. The number of ether oxygens (including phenoxy) is 3. The first kappa shape index (κ1) is 19.8. The zero-order chi connectivity index (χ0) is 21.4. The second-order valence-corrected chi connectivity index (χ2v) is 7.33. The molecule has 4 aromatic rings.